The summed E-state index contributed by atoms with van der Waals surface area (Å²) in [6.45, 7) is 15.2. The smallest absolute Gasteiger partial charge is 0.346 e. The first-order valence-corrected chi connectivity index (χ1v) is 21.5. The van der Waals surface area contributed by atoms with Crippen LogP contribution in [0.4, 0.5) is 4.79 Å². The number of nitrogens with zero attached hydrogens (tertiary/aromatic N) is 2. The molecule has 0 aromatic heterocycles. The van der Waals surface area contributed by atoms with Crippen LogP contribution in [0.2, 0.25) is 18.1 Å². The predicted molar refractivity (Wildman–Crippen MR) is 189 cm³/mol. The first-order chi connectivity index (χ1) is 21.6. The third-order valence-electron chi connectivity index (χ3n) is 8.92. The van der Waals surface area contributed by atoms with Gasteiger partial charge in [0.15, 0.2) is 8.32 Å². The van der Waals surface area contributed by atoms with Crippen molar-refractivity contribution < 1.29 is 26.5 Å². The molecule has 2 atom stereocenters. The van der Waals surface area contributed by atoms with Crippen LogP contribution in [0.25, 0.3) is 0 Å². The lowest BCUT2D eigenvalue weighted by atomic mass is 10.0. The number of benzene rings is 3. The molecule has 2 heterocycles. The van der Waals surface area contributed by atoms with Crippen LogP contribution in [0.5, 0.6) is 0 Å². The number of allylic oxidation sites excluding steroid dienone is 1. The minimum absolute atomic E-state index is 0.0454. The van der Waals surface area contributed by atoms with Gasteiger partial charge in [0.2, 0.25) is 10.4 Å². The highest BCUT2D eigenvalue weighted by Crippen LogP contribution is 2.56. The molecular formula is C35H45N2O6PSSi. The third kappa shape index (κ3) is 7.87. The lowest BCUT2D eigenvalue weighted by Gasteiger charge is -2.38. The van der Waals surface area contributed by atoms with Crippen molar-refractivity contribution in [2.24, 2.45) is 0 Å². The molecule has 3 aromatic carbocycles. The van der Waals surface area contributed by atoms with Crippen molar-refractivity contribution in [1.82, 2.24) is 9.96 Å². The molecule has 8 nitrogen and oxygen atoms in total. The van der Waals surface area contributed by atoms with Gasteiger partial charge >= 0.3 is 6.03 Å². The standard InChI is InChI=1S/C21H20P.C14H26N2O6SSi/c1-2-18-22(19-12-6-3-7-13-19,20-14-8-4-9-15-20)21-16-10-5-11-17-21;1-10-7-11(9-21-24(5,6)14(2,3)4)15-8-12(10)16(13(15)17)22-23(18,19)20/h2-18H,1H3;7,11-12H,8-9H2,1-6H3,(H,18,19,20)/q+1;/p-1/b18-2+;/t;11-,12-/m.0/s1. The molecule has 2 amide bonds. The second-order valence-electron chi connectivity index (χ2n) is 13.0. The summed E-state index contributed by atoms with van der Waals surface area (Å²) >= 11 is 0. The Kier molecular flexibility index (Phi) is 11.1. The average molecular weight is 681 g/mol. The highest BCUT2D eigenvalue weighted by Gasteiger charge is 2.47. The number of hydrogen-bond donors (Lipinski definition) is 0. The first-order valence-electron chi connectivity index (χ1n) is 15.4. The number of hydroxylamine groups is 2. The van der Waals surface area contributed by atoms with Gasteiger partial charge in [-0.25, -0.2) is 13.2 Å². The van der Waals surface area contributed by atoms with E-state index in [1.165, 1.54) is 20.8 Å². The van der Waals surface area contributed by atoms with Crippen molar-refractivity contribution in [2.75, 3.05) is 13.2 Å². The van der Waals surface area contributed by atoms with E-state index in [1.807, 2.05) is 6.08 Å². The molecule has 0 aliphatic carbocycles. The summed E-state index contributed by atoms with van der Waals surface area (Å²) in [5.74, 6) is 2.41. The first kappa shape index (κ1) is 35.7. The van der Waals surface area contributed by atoms with Crippen molar-refractivity contribution in [3.05, 3.63) is 115 Å². The van der Waals surface area contributed by atoms with Crippen LogP contribution in [-0.4, -0.2) is 62.5 Å². The molecule has 46 heavy (non-hydrogen) atoms. The minimum atomic E-state index is -5.00. The van der Waals surface area contributed by atoms with Crippen LogP contribution in [0.3, 0.4) is 0 Å². The molecular weight excluding hydrogens is 636 g/mol. The van der Waals surface area contributed by atoms with Crippen LogP contribution in [0, 0.1) is 0 Å². The van der Waals surface area contributed by atoms with Gasteiger partial charge in [0.1, 0.15) is 29.2 Å². The van der Waals surface area contributed by atoms with E-state index in [0.717, 1.165) is 5.57 Å². The molecule has 0 saturated carbocycles. The lowest BCUT2D eigenvalue weighted by Crippen LogP contribution is -2.47. The number of amides is 2. The Hall–Kier alpha value is -3.11. The van der Waals surface area contributed by atoms with E-state index in [1.54, 1.807) is 6.92 Å². The van der Waals surface area contributed by atoms with Gasteiger partial charge in [-0.05, 0) is 74.0 Å². The van der Waals surface area contributed by atoms with Crippen LogP contribution >= 0.6 is 7.26 Å². The lowest BCUT2D eigenvalue weighted by molar-refractivity contribution is -0.0224. The van der Waals surface area contributed by atoms with E-state index in [-0.39, 0.29) is 17.6 Å². The van der Waals surface area contributed by atoms with Crippen molar-refractivity contribution in [3.63, 3.8) is 0 Å². The van der Waals surface area contributed by atoms with Gasteiger partial charge in [-0.1, -0.05) is 87.5 Å². The Labute approximate surface area is 276 Å². The van der Waals surface area contributed by atoms with E-state index in [2.05, 4.69) is 148 Å². The van der Waals surface area contributed by atoms with Crippen LogP contribution in [-0.2, 0) is 19.1 Å². The summed E-state index contributed by atoms with van der Waals surface area (Å²) in [6, 6.07) is 31.1. The molecule has 3 aromatic rings. The summed E-state index contributed by atoms with van der Waals surface area (Å²) in [5.41, 5.74) is 0.782. The zero-order valence-corrected chi connectivity index (χ0v) is 30.4. The van der Waals surface area contributed by atoms with E-state index in [0.29, 0.717) is 11.7 Å². The second kappa shape index (κ2) is 14.3. The van der Waals surface area contributed by atoms with Gasteiger partial charge in [0.25, 0.3) is 0 Å². The number of carbonyl (C=O) groups is 1. The molecule has 5 rings (SSSR count). The Balaban J connectivity index is 0.000000209. The summed E-state index contributed by atoms with van der Waals surface area (Å²) in [7, 11) is -8.71. The molecule has 2 aliphatic rings. The molecule has 11 heteroatoms. The maximum atomic E-state index is 12.4. The third-order valence-corrected chi connectivity index (χ3v) is 17.9. The number of rotatable bonds is 9. The maximum Gasteiger partial charge on any atom is 0.346 e. The fourth-order valence-electron chi connectivity index (χ4n) is 5.46. The van der Waals surface area contributed by atoms with Gasteiger partial charge in [-0.3, -0.25) is 0 Å². The Morgan fingerprint density at radius 3 is 1.76 bits per heavy atom. The maximum absolute atomic E-state index is 12.4. The zero-order valence-electron chi connectivity index (χ0n) is 27.7. The molecule has 1 fully saturated rings. The van der Waals surface area contributed by atoms with Crippen molar-refractivity contribution in [3.8, 4) is 0 Å². The van der Waals surface area contributed by atoms with E-state index >= 15 is 0 Å². The Bertz CT molecular complexity index is 1550. The van der Waals surface area contributed by atoms with Crippen molar-refractivity contribution in [1.29, 1.82) is 0 Å². The average Bonchev–Trinajstić information content (AvgIpc) is 3.29. The fourth-order valence-corrected chi connectivity index (χ4v) is 10.6. The van der Waals surface area contributed by atoms with Crippen molar-refractivity contribution >= 4 is 47.9 Å². The van der Waals surface area contributed by atoms with Gasteiger partial charge in [-0.15, -0.1) is 0 Å². The van der Waals surface area contributed by atoms with E-state index in [4.69, 9.17) is 4.43 Å². The molecule has 2 bridgehead atoms. The van der Waals surface area contributed by atoms with Gasteiger partial charge < -0.3 is 13.9 Å². The van der Waals surface area contributed by atoms with Crippen molar-refractivity contribution in [2.45, 2.75) is 64.8 Å². The summed E-state index contributed by atoms with van der Waals surface area (Å²) in [4.78, 5) is 13.9. The minimum Gasteiger partial charge on any atom is -0.724 e. The SMILES string of the molecule is C/C=C/[P+](c1ccccc1)(c1ccccc1)c1ccccc1.CC1=C[C@@H](CO[Si](C)(C)C(C)(C)C)N2C[C@@H]1N(OS(=O)(=O)[O-])C2=O. The summed E-state index contributed by atoms with van der Waals surface area (Å²) < 4.78 is 43.1. The van der Waals surface area contributed by atoms with E-state index in [9.17, 15) is 17.8 Å². The number of fused-ring (bicyclic) bond motifs is 2. The molecule has 246 valence electrons. The van der Waals surface area contributed by atoms with Gasteiger partial charge in [0, 0.05) is 0 Å². The van der Waals surface area contributed by atoms with Crippen LogP contribution in [0.15, 0.2) is 115 Å². The van der Waals surface area contributed by atoms with E-state index < -0.39 is 38.1 Å². The number of urea groups is 1. The highest BCUT2D eigenvalue weighted by atomic mass is 32.3. The summed E-state index contributed by atoms with van der Waals surface area (Å²) in [6.07, 6.45) is 4.07. The molecule has 0 radical (unpaired) electrons. The number of hydrogen-bond acceptors (Lipinski definition) is 6. The Morgan fingerprint density at radius 2 is 1.37 bits per heavy atom. The fraction of sp³-hybridized carbons (Fsp3) is 0.343. The summed E-state index contributed by atoms with van der Waals surface area (Å²) in [5, 5.41) is 4.88. The topological polar surface area (TPSA) is 99.2 Å². The molecule has 0 N–H and O–H groups in total. The molecule has 2 aliphatic heterocycles. The Morgan fingerprint density at radius 1 is 0.913 bits per heavy atom. The second-order valence-corrected chi connectivity index (χ2v) is 22.1. The zero-order chi connectivity index (χ0) is 33.8. The normalized spacial score (nSPS) is 18.8. The van der Waals surface area contributed by atoms with Crippen LogP contribution in [0.1, 0.15) is 34.6 Å². The molecule has 1 saturated heterocycles. The quantitative estimate of drug-likeness (QED) is 0.0859. The largest absolute Gasteiger partial charge is 0.724 e. The molecule has 0 unspecified atom stereocenters. The highest BCUT2D eigenvalue weighted by molar-refractivity contribution is 7.98. The monoisotopic (exact) mass is 680 g/mol. The van der Waals surface area contributed by atoms with Crippen LogP contribution < -0.4 is 15.9 Å². The number of carbonyl (C=O) groups excluding carboxylic acids is 1. The molecule has 0 spiro atoms. The van der Waals surface area contributed by atoms with Gasteiger partial charge in [0.05, 0.1) is 25.0 Å². The van der Waals surface area contributed by atoms with Gasteiger partial charge in [-0.2, -0.15) is 9.35 Å². The predicted octanol–water partition coefficient (Wildman–Crippen LogP) is 6.35.